The van der Waals surface area contributed by atoms with Crippen molar-refractivity contribution in [1.29, 1.82) is 0 Å². The molecule has 0 aliphatic carbocycles. The van der Waals surface area contributed by atoms with Gasteiger partial charge in [-0.15, -0.1) is 0 Å². The summed E-state index contributed by atoms with van der Waals surface area (Å²) < 4.78 is 0. The third kappa shape index (κ3) is 3.16. The van der Waals surface area contributed by atoms with Crippen molar-refractivity contribution >= 4 is 17.2 Å². The summed E-state index contributed by atoms with van der Waals surface area (Å²) in [6, 6.07) is 15.8. The number of anilines is 2. The first-order valence-corrected chi connectivity index (χ1v) is 7.19. The van der Waals surface area contributed by atoms with Gasteiger partial charge in [-0.25, -0.2) is 0 Å². The molecular weight excluding hydrogens is 262 g/mol. The molecule has 2 aromatic rings. The van der Waals surface area contributed by atoms with Crippen LogP contribution < -0.4 is 15.2 Å². The first kappa shape index (κ1) is 13.5. The van der Waals surface area contributed by atoms with Crippen LogP contribution in [0.5, 0.6) is 5.75 Å². The van der Waals surface area contributed by atoms with Crippen molar-refractivity contribution in [2.75, 3.05) is 24.5 Å². The summed E-state index contributed by atoms with van der Waals surface area (Å²) in [6.45, 7) is 4.72. The van der Waals surface area contributed by atoms with Crippen molar-refractivity contribution in [3.8, 4) is 5.75 Å². The van der Waals surface area contributed by atoms with Crippen LogP contribution in [0.4, 0.5) is 11.4 Å². The third-order valence-corrected chi connectivity index (χ3v) is 3.61. The number of nitrogens with zero attached hydrogens (tertiary/aromatic N) is 1. The van der Waals surface area contributed by atoms with E-state index in [1.54, 1.807) is 12.1 Å². The van der Waals surface area contributed by atoms with Crippen molar-refractivity contribution in [3.63, 3.8) is 0 Å². The predicted octanol–water partition coefficient (Wildman–Crippen LogP) is 0.921. The Hall–Kier alpha value is -2.49. The van der Waals surface area contributed by atoms with Gasteiger partial charge in [0.05, 0.1) is 0 Å². The van der Waals surface area contributed by atoms with Gasteiger partial charge in [0, 0.05) is 17.4 Å². The highest BCUT2D eigenvalue weighted by molar-refractivity contribution is 5.85. The zero-order valence-corrected chi connectivity index (χ0v) is 12.1. The summed E-state index contributed by atoms with van der Waals surface area (Å²) in [7, 11) is 0. The smallest absolute Gasteiger partial charge is 0.263 e. The Kier molecular flexibility index (Phi) is 3.77. The number of benzene rings is 2. The van der Waals surface area contributed by atoms with Crippen LogP contribution in [0.15, 0.2) is 48.5 Å². The monoisotopic (exact) mass is 282 g/mol. The molecule has 0 unspecified atom stereocenters. The van der Waals surface area contributed by atoms with Crippen LogP contribution in [0.3, 0.4) is 0 Å². The van der Waals surface area contributed by atoms with Gasteiger partial charge in [0.1, 0.15) is 25.4 Å². The summed E-state index contributed by atoms with van der Waals surface area (Å²) >= 11 is 0. The predicted molar refractivity (Wildman–Crippen MR) is 85.1 cm³/mol. The van der Waals surface area contributed by atoms with E-state index in [1.807, 2.05) is 12.1 Å². The number of nitrogens with one attached hydrogen (secondary N) is 2. The van der Waals surface area contributed by atoms with E-state index < -0.39 is 0 Å². The van der Waals surface area contributed by atoms with E-state index in [2.05, 4.69) is 46.4 Å². The van der Waals surface area contributed by atoms with E-state index in [0.717, 1.165) is 36.8 Å². The molecule has 0 spiro atoms. The van der Waals surface area contributed by atoms with Gasteiger partial charge < -0.3 is 10.0 Å². The van der Waals surface area contributed by atoms with Gasteiger partial charge in [0.2, 0.25) is 0 Å². The Morgan fingerprint density at radius 2 is 1.95 bits per heavy atom. The standard InChI is InChI=1S/C17H19N3O/c1-13-5-7-14(8-6-13)20(12-17-18-9-10-19-17)15-3-2-4-16(21)11-15/h2-8,11,21H,9-10,12H2,1H3,(H,18,19)/p+1. The van der Waals surface area contributed by atoms with Crippen LogP contribution >= 0.6 is 0 Å². The SMILES string of the molecule is Cc1ccc(N(CC2=[NH+]CCN2)c2cccc(O)c2)cc1. The molecule has 4 nitrogen and oxygen atoms in total. The molecule has 0 bridgehead atoms. The second-order valence-electron chi connectivity index (χ2n) is 5.27. The lowest BCUT2D eigenvalue weighted by Crippen LogP contribution is -2.72. The summed E-state index contributed by atoms with van der Waals surface area (Å²) in [5, 5.41) is 13.1. The van der Waals surface area contributed by atoms with Gasteiger partial charge in [-0.1, -0.05) is 23.8 Å². The molecule has 0 amide bonds. The lowest BCUT2D eigenvalue weighted by atomic mass is 10.2. The number of hydrogen-bond donors (Lipinski definition) is 3. The van der Waals surface area contributed by atoms with E-state index in [-0.39, 0.29) is 5.75 Å². The highest BCUT2D eigenvalue weighted by atomic mass is 16.3. The maximum Gasteiger partial charge on any atom is 0.263 e. The molecule has 1 aliphatic rings. The Morgan fingerprint density at radius 3 is 2.62 bits per heavy atom. The first-order chi connectivity index (χ1) is 10.2. The van der Waals surface area contributed by atoms with Crippen LogP contribution in [0, 0.1) is 6.92 Å². The number of phenolic OH excluding ortho intramolecular Hbond substituents is 1. The molecule has 2 aromatic carbocycles. The van der Waals surface area contributed by atoms with Crippen LogP contribution in [-0.2, 0) is 0 Å². The maximum atomic E-state index is 9.75. The third-order valence-electron chi connectivity index (χ3n) is 3.61. The quantitative estimate of drug-likeness (QED) is 0.781. The zero-order valence-electron chi connectivity index (χ0n) is 12.1. The fourth-order valence-corrected chi connectivity index (χ4v) is 2.48. The van der Waals surface area contributed by atoms with E-state index in [4.69, 9.17) is 0 Å². The van der Waals surface area contributed by atoms with Gasteiger partial charge in [-0.2, -0.15) is 0 Å². The molecule has 4 heteroatoms. The van der Waals surface area contributed by atoms with Crippen molar-refractivity contribution in [2.45, 2.75) is 6.92 Å². The maximum absolute atomic E-state index is 9.75. The van der Waals surface area contributed by atoms with Gasteiger partial charge in [-0.05, 0) is 31.2 Å². The minimum atomic E-state index is 0.280. The molecule has 3 rings (SSSR count). The Labute approximate surface area is 124 Å². The normalized spacial score (nSPS) is 13.7. The summed E-state index contributed by atoms with van der Waals surface area (Å²) in [5.41, 5.74) is 3.32. The lowest BCUT2D eigenvalue weighted by Gasteiger charge is -2.23. The van der Waals surface area contributed by atoms with Gasteiger partial charge in [0.15, 0.2) is 0 Å². The van der Waals surface area contributed by atoms with Crippen molar-refractivity contribution in [2.24, 2.45) is 0 Å². The molecule has 108 valence electrons. The van der Waals surface area contributed by atoms with Crippen molar-refractivity contribution in [1.82, 2.24) is 5.32 Å². The second-order valence-corrected chi connectivity index (χ2v) is 5.27. The van der Waals surface area contributed by atoms with E-state index >= 15 is 0 Å². The Morgan fingerprint density at radius 1 is 1.14 bits per heavy atom. The molecule has 1 aliphatic heterocycles. The molecule has 0 radical (unpaired) electrons. The number of phenols is 1. The molecular formula is C17H20N3O+. The fourth-order valence-electron chi connectivity index (χ4n) is 2.48. The van der Waals surface area contributed by atoms with Gasteiger partial charge in [-0.3, -0.25) is 10.3 Å². The van der Waals surface area contributed by atoms with Crippen LogP contribution in [0.2, 0.25) is 0 Å². The topological polar surface area (TPSA) is 49.5 Å². The lowest BCUT2D eigenvalue weighted by molar-refractivity contribution is -0.445. The number of aryl methyl sites for hydroxylation is 1. The summed E-state index contributed by atoms with van der Waals surface area (Å²) in [5.74, 6) is 1.39. The highest BCUT2D eigenvalue weighted by Gasteiger charge is 2.19. The number of hydrogen-bond acceptors (Lipinski definition) is 3. The van der Waals surface area contributed by atoms with Gasteiger partial charge in [0.25, 0.3) is 5.84 Å². The first-order valence-electron chi connectivity index (χ1n) is 7.19. The average Bonchev–Trinajstić information content (AvgIpc) is 2.99. The molecule has 0 fully saturated rings. The number of rotatable bonds is 4. The van der Waals surface area contributed by atoms with E-state index in [9.17, 15) is 5.11 Å². The molecule has 1 heterocycles. The molecule has 3 N–H and O–H groups in total. The highest BCUT2D eigenvalue weighted by Crippen LogP contribution is 2.27. The molecule has 0 saturated carbocycles. The van der Waals surface area contributed by atoms with Gasteiger partial charge >= 0.3 is 0 Å². The minimum Gasteiger partial charge on any atom is -0.508 e. The molecule has 21 heavy (non-hydrogen) atoms. The molecule has 0 aromatic heterocycles. The van der Waals surface area contributed by atoms with Crippen LogP contribution in [0.1, 0.15) is 5.56 Å². The van der Waals surface area contributed by atoms with E-state index in [1.165, 1.54) is 5.56 Å². The largest absolute Gasteiger partial charge is 0.508 e. The number of aromatic hydroxyl groups is 1. The Balaban J connectivity index is 1.95. The van der Waals surface area contributed by atoms with Crippen LogP contribution in [0.25, 0.3) is 0 Å². The molecule has 0 atom stereocenters. The summed E-state index contributed by atoms with van der Waals surface area (Å²) in [6.07, 6.45) is 0. The number of amidine groups is 1. The van der Waals surface area contributed by atoms with Crippen LogP contribution in [-0.4, -0.2) is 30.6 Å². The average molecular weight is 282 g/mol. The zero-order chi connectivity index (χ0) is 14.7. The van der Waals surface area contributed by atoms with Crippen molar-refractivity contribution < 1.29 is 10.1 Å². The van der Waals surface area contributed by atoms with E-state index in [0.29, 0.717) is 0 Å². The van der Waals surface area contributed by atoms with Crippen molar-refractivity contribution in [3.05, 3.63) is 54.1 Å². The second kappa shape index (κ2) is 5.87. The summed E-state index contributed by atoms with van der Waals surface area (Å²) in [4.78, 5) is 5.53. The fraction of sp³-hybridized carbons (Fsp3) is 0.235. The Bertz CT molecular complexity index is 649. The molecule has 0 saturated heterocycles. The minimum absolute atomic E-state index is 0.280.